The Bertz CT molecular complexity index is 854. The van der Waals surface area contributed by atoms with E-state index < -0.39 is 48.0 Å². The van der Waals surface area contributed by atoms with Crippen LogP contribution in [0.1, 0.15) is 65.8 Å². The fourth-order valence-electron chi connectivity index (χ4n) is 3.33. The van der Waals surface area contributed by atoms with E-state index in [9.17, 15) is 18.0 Å². The van der Waals surface area contributed by atoms with Crippen molar-refractivity contribution in [2.45, 2.75) is 77.5 Å². The highest BCUT2D eigenvalue weighted by atomic mass is 19.4. The van der Waals surface area contributed by atoms with Gasteiger partial charge in [0.25, 0.3) is 0 Å². The number of amides is 1. The number of morpholine rings is 1. The number of rotatable bonds is 2. The molecule has 2 aliphatic rings. The van der Waals surface area contributed by atoms with Gasteiger partial charge >= 0.3 is 19.4 Å². The summed E-state index contributed by atoms with van der Waals surface area (Å²) >= 11 is 0. The van der Waals surface area contributed by atoms with E-state index in [1.807, 2.05) is 27.7 Å². The molecule has 32 heavy (non-hydrogen) atoms. The monoisotopic (exact) mass is 458 g/mol. The molecule has 3 rings (SSSR count). The van der Waals surface area contributed by atoms with Crippen LogP contribution in [-0.4, -0.2) is 59.6 Å². The van der Waals surface area contributed by atoms with Gasteiger partial charge in [-0.3, -0.25) is 4.98 Å². The highest BCUT2D eigenvalue weighted by Gasteiger charge is 2.53. The van der Waals surface area contributed by atoms with Crippen LogP contribution in [0, 0.1) is 0 Å². The van der Waals surface area contributed by atoms with Gasteiger partial charge in [-0.1, -0.05) is 0 Å². The van der Waals surface area contributed by atoms with Crippen molar-refractivity contribution in [2.24, 2.45) is 0 Å². The van der Waals surface area contributed by atoms with Gasteiger partial charge in [0.15, 0.2) is 0 Å². The number of nitrogens with zero attached hydrogens (tertiary/aromatic N) is 2. The summed E-state index contributed by atoms with van der Waals surface area (Å²) in [6.07, 6.45) is -5.99. The summed E-state index contributed by atoms with van der Waals surface area (Å²) in [6.45, 7) is 13.0. The van der Waals surface area contributed by atoms with Gasteiger partial charge < -0.3 is 23.7 Å². The number of carbonyl (C=O) groups is 1. The maximum atomic E-state index is 13.6. The number of pyridine rings is 1. The summed E-state index contributed by atoms with van der Waals surface area (Å²) in [7, 11) is -1.06. The third kappa shape index (κ3) is 5.37. The van der Waals surface area contributed by atoms with Crippen molar-refractivity contribution in [3.63, 3.8) is 0 Å². The molecule has 0 radical (unpaired) electrons. The Morgan fingerprint density at radius 3 is 2.28 bits per heavy atom. The van der Waals surface area contributed by atoms with E-state index in [0.717, 1.165) is 6.07 Å². The van der Waals surface area contributed by atoms with Crippen LogP contribution < -0.4 is 5.59 Å². The van der Waals surface area contributed by atoms with Gasteiger partial charge in [0.2, 0.25) is 0 Å². The summed E-state index contributed by atoms with van der Waals surface area (Å²) in [5.41, 5.74) is -2.98. The van der Waals surface area contributed by atoms with E-state index in [-0.39, 0.29) is 30.9 Å². The first-order valence-corrected chi connectivity index (χ1v) is 10.5. The molecule has 2 fully saturated rings. The second-order valence-electron chi connectivity index (χ2n) is 10.1. The molecular weight excluding hydrogens is 428 g/mol. The van der Waals surface area contributed by atoms with E-state index in [0.29, 0.717) is 0 Å². The van der Waals surface area contributed by atoms with Gasteiger partial charge in [0, 0.05) is 6.54 Å². The van der Waals surface area contributed by atoms with Crippen LogP contribution in [0.5, 0.6) is 0 Å². The average Bonchev–Trinajstić information content (AvgIpc) is 2.87. The first kappa shape index (κ1) is 24.8. The fraction of sp³-hybridized carbons (Fsp3) is 0.714. The fourth-order valence-corrected chi connectivity index (χ4v) is 3.33. The molecular formula is C21H30BF3N2O5. The second kappa shape index (κ2) is 8.18. The Kier molecular flexibility index (Phi) is 6.34. The van der Waals surface area contributed by atoms with Gasteiger partial charge in [-0.2, -0.15) is 13.2 Å². The summed E-state index contributed by atoms with van der Waals surface area (Å²) < 4.78 is 63.8. The van der Waals surface area contributed by atoms with Crippen molar-refractivity contribution in [2.75, 3.05) is 19.7 Å². The zero-order chi connectivity index (χ0) is 24.1. The van der Waals surface area contributed by atoms with E-state index in [2.05, 4.69) is 4.98 Å². The van der Waals surface area contributed by atoms with Crippen molar-refractivity contribution in [1.29, 1.82) is 0 Å². The van der Waals surface area contributed by atoms with Gasteiger partial charge in [-0.05, 0) is 66.2 Å². The maximum Gasteiger partial charge on any atom is 0.514 e. The quantitative estimate of drug-likeness (QED) is 0.630. The van der Waals surface area contributed by atoms with Crippen LogP contribution in [0.3, 0.4) is 0 Å². The summed E-state index contributed by atoms with van der Waals surface area (Å²) in [5.74, 6) is 0. The molecule has 11 heteroatoms. The molecule has 7 nitrogen and oxygen atoms in total. The van der Waals surface area contributed by atoms with Gasteiger partial charge in [0.1, 0.15) is 17.4 Å². The molecule has 1 unspecified atom stereocenters. The lowest BCUT2D eigenvalue weighted by atomic mass is 9.82. The average molecular weight is 458 g/mol. The number of aromatic nitrogens is 1. The molecule has 178 valence electrons. The second-order valence-corrected chi connectivity index (χ2v) is 10.1. The van der Waals surface area contributed by atoms with E-state index in [4.69, 9.17) is 18.8 Å². The molecule has 0 N–H and O–H groups in total. The Morgan fingerprint density at radius 1 is 1.16 bits per heavy atom. The third-order valence-electron chi connectivity index (χ3n) is 5.74. The Balaban J connectivity index is 1.91. The molecule has 0 spiro atoms. The van der Waals surface area contributed by atoms with E-state index in [1.54, 1.807) is 20.8 Å². The van der Waals surface area contributed by atoms with Gasteiger partial charge in [0.05, 0.1) is 29.9 Å². The molecule has 0 saturated carbocycles. The zero-order valence-corrected chi connectivity index (χ0v) is 19.5. The highest BCUT2D eigenvalue weighted by molar-refractivity contribution is 6.61. The van der Waals surface area contributed by atoms with E-state index >= 15 is 0 Å². The predicted octanol–water partition coefficient (Wildman–Crippen LogP) is 3.71. The van der Waals surface area contributed by atoms with Crippen LogP contribution in [0.15, 0.2) is 12.1 Å². The molecule has 2 aliphatic heterocycles. The minimum Gasteiger partial charge on any atom is -0.444 e. The predicted molar refractivity (Wildman–Crippen MR) is 111 cm³/mol. The molecule has 2 saturated heterocycles. The van der Waals surface area contributed by atoms with Crippen LogP contribution in [0.2, 0.25) is 0 Å². The van der Waals surface area contributed by atoms with Crippen LogP contribution >= 0.6 is 0 Å². The minimum absolute atomic E-state index is 0.00599. The highest BCUT2D eigenvalue weighted by Crippen LogP contribution is 2.37. The lowest BCUT2D eigenvalue weighted by Gasteiger charge is -2.34. The summed E-state index contributed by atoms with van der Waals surface area (Å²) in [4.78, 5) is 17.7. The lowest BCUT2D eigenvalue weighted by molar-refractivity contribution is -0.141. The molecule has 0 bridgehead atoms. The van der Waals surface area contributed by atoms with Crippen molar-refractivity contribution in [3.05, 3.63) is 23.4 Å². The Labute approximate surface area is 186 Å². The Morgan fingerprint density at radius 2 is 1.75 bits per heavy atom. The van der Waals surface area contributed by atoms with Gasteiger partial charge in [-0.25, -0.2) is 4.79 Å². The molecule has 1 amide bonds. The minimum atomic E-state index is -4.67. The van der Waals surface area contributed by atoms with Crippen molar-refractivity contribution < 1.29 is 36.7 Å². The van der Waals surface area contributed by atoms with Crippen molar-refractivity contribution >= 4 is 18.8 Å². The molecule has 1 aromatic heterocycles. The topological polar surface area (TPSA) is 70.1 Å². The number of hydrogen-bond donors (Lipinski definition) is 0. The van der Waals surface area contributed by atoms with Crippen LogP contribution in [0.4, 0.5) is 18.0 Å². The summed E-state index contributed by atoms with van der Waals surface area (Å²) in [5, 5.41) is 0. The first-order chi connectivity index (χ1) is 14.5. The normalized spacial score (nSPS) is 23.4. The molecule has 1 aromatic rings. The number of hydrogen-bond acceptors (Lipinski definition) is 6. The first-order valence-electron chi connectivity index (χ1n) is 10.5. The molecule has 3 heterocycles. The molecule has 0 aromatic carbocycles. The van der Waals surface area contributed by atoms with Crippen LogP contribution in [0.25, 0.3) is 0 Å². The molecule has 1 atom stereocenters. The van der Waals surface area contributed by atoms with Crippen molar-refractivity contribution in [3.8, 4) is 0 Å². The standard InChI is InChI=1S/C21H30BF3N2O5/c1-18(2,3)30-17(28)27-8-9-29-14(12-27)13-10-15(21(23,24)25)26-16(11-13)22-31-19(4,5)20(6,7)32-22/h10-11,14H,8-9,12H2,1-7H3. The summed E-state index contributed by atoms with van der Waals surface area (Å²) in [6, 6.07) is 2.43. The number of halogens is 3. The smallest absolute Gasteiger partial charge is 0.444 e. The number of ether oxygens (including phenoxy) is 2. The van der Waals surface area contributed by atoms with Gasteiger partial charge in [-0.15, -0.1) is 0 Å². The number of alkyl halides is 3. The largest absolute Gasteiger partial charge is 0.514 e. The Hall–Kier alpha value is -1.85. The van der Waals surface area contributed by atoms with E-state index in [1.165, 1.54) is 11.0 Å². The molecule has 0 aliphatic carbocycles. The third-order valence-corrected chi connectivity index (χ3v) is 5.74. The zero-order valence-electron chi connectivity index (χ0n) is 19.5. The number of carbonyl (C=O) groups excluding carboxylic acids is 1. The maximum absolute atomic E-state index is 13.6. The van der Waals surface area contributed by atoms with Crippen molar-refractivity contribution in [1.82, 2.24) is 9.88 Å². The van der Waals surface area contributed by atoms with Crippen LogP contribution in [-0.2, 0) is 25.0 Å². The lowest BCUT2D eigenvalue weighted by Crippen LogP contribution is -2.45. The SMILES string of the molecule is CC(C)(C)OC(=O)N1CCOC(c2cc(B3OC(C)(C)C(C)(C)O3)nc(C(F)(F)F)c2)C1.